The van der Waals surface area contributed by atoms with E-state index in [1.54, 1.807) is 11.1 Å². The molecule has 1 saturated heterocycles. The van der Waals surface area contributed by atoms with E-state index >= 15 is 0 Å². The van der Waals surface area contributed by atoms with E-state index in [9.17, 15) is 0 Å². The molecule has 3 aliphatic rings. The van der Waals surface area contributed by atoms with Gasteiger partial charge in [-0.25, -0.2) is 5.01 Å². The number of ether oxygens (including phenoxy) is 2. The van der Waals surface area contributed by atoms with Crippen molar-refractivity contribution in [1.29, 1.82) is 0 Å². The average Bonchev–Trinajstić information content (AvgIpc) is 2.64. The fourth-order valence-corrected chi connectivity index (χ4v) is 1.21. The number of hydrogen-bond donors (Lipinski definition) is 1. The van der Waals surface area contributed by atoms with E-state index in [2.05, 4.69) is 15.6 Å². The second-order valence-corrected chi connectivity index (χ2v) is 2.51. The van der Waals surface area contributed by atoms with Crippen LogP contribution in [0.1, 0.15) is 0 Å². The van der Waals surface area contributed by atoms with Gasteiger partial charge in [0.1, 0.15) is 6.67 Å². The molecule has 0 unspecified atom stereocenters. The Bertz CT molecular complexity index is 320. The Morgan fingerprint density at radius 3 is 3.50 bits per heavy atom. The normalized spacial score (nSPS) is 24.0. The minimum absolute atomic E-state index is 0.249. The lowest BCUT2D eigenvalue weighted by atomic mass is 10.4. The van der Waals surface area contributed by atoms with Crippen molar-refractivity contribution in [3.8, 4) is 0 Å². The van der Waals surface area contributed by atoms with Gasteiger partial charge in [0.2, 0.25) is 6.79 Å². The van der Waals surface area contributed by atoms with Crippen molar-refractivity contribution in [2.75, 3.05) is 13.5 Å². The Kier molecular flexibility index (Phi) is 0.931. The molecule has 0 aromatic carbocycles. The smallest absolute Gasteiger partial charge is 0.277 e. The van der Waals surface area contributed by atoms with E-state index in [4.69, 9.17) is 9.47 Å². The summed E-state index contributed by atoms with van der Waals surface area (Å²) in [5.74, 6) is 1.96. The van der Waals surface area contributed by atoms with Gasteiger partial charge in [0.05, 0.1) is 0 Å². The quantitative estimate of drug-likeness (QED) is 0.521. The van der Waals surface area contributed by atoms with Crippen molar-refractivity contribution in [1.82, 2.24) is 10.4 Å². The maximum Gasteiger partial charge on any atom is 0.277 e. The first-order chi connectivity index (χ1) is 5.93. The van der Waals surface area contributed by atoms with Gasteiger partial charge in [-0.3, -0.25) is 5.43 Å². The first-order valence-electron chi connectivity index (χ1n) is 3.58. The summed E-state index contributed by atoms with van der Waals surface area (Å²) in [5.41, 5.74) is 2.80. The summed E-state index contributed by atoms with van der Waals surface area (Å²) in [5, 5.41) is 9.85. The molecule has 0 atom stereocenters. The Labute approximate surface area is 68.1 Å². The third-order valence-corrected chi connectivity index (χ3v) is 1.77. The molecule has 6 nitrogen and oxygen atoms in total. The molecule has 3 heterocycles. The molecule has 62 valence electrons. The van der Waals surface area contributed by atoms with Crippen LogP contribution in [-0.2, 0) is 9.47 Å². The Morgan fingerprint density at radius 2 is 2.50 bits per heavy atom. The molecular weight excluding hydrogens is 160 g/mol. The molecule has 12 heavy (non-hydrogen) atoms. The van der Waals surface area contributed by atoms with E-state index < -0.39 is 0 Å². The number of rotatable bonds is 0. The van der Waals surface area contributed by atoms with Gasteiger partial charge in [-0.15, -0.1) is 5.10 Å². The van der Waals surface area contributed by atoms with Crippen molar-refractivity contribution in [3.63, 3.8) is 0 Å². The number of fused-ring (bicyclic) bond motifs is 2. The highest BCUT2D eigenvalue weighted by Crippen LogP contribution is 2.18. The van der Waals surface area contributed by atoms with Gasteiger partial charge in [0.15, 0.2) is 11.6 Å². The first kappa shape index (κ1) is 5.87. The maximum atomic E-state index is 5.14. The monoisotopic (exact) mass is 166 g/mol. The Hall–Kier alpha value is -1.72. The van der Waals surface area contributed by atoms with Crippen LogP contribution in [0.25, 0.3) is 0 Å². The molecule has 0 amide bonds. The van der Waals surface area contributed by atoms with Crippen LogP contribution in [0.4, 0.5) is 0 Å². The lowest BCUT2D eigenvalue weighted by Gasteiger charge is -2.13. The zero-order valence-corrected chi connectivity index (χ0v) is 6.15. The molecule has 1 N–H and O–H groups in total. The zero-order valence-electron chi connectivity index (χ0n) is 6.15. The van der Waals surface area contributed by atoms with Crippen LogP contribution < -0.4 is 5.43 Å². The van der Waals surface area contributed by atoms with E-state index in [0.717, 1.165) is 5.84 Å². The summed E-state index contributed by atoms with van der Waals surface area (Å²) >= 11 is 0. The number of hydrogen-bond acceptors (Lipinski definition) is 6. The van der Waals surface area contributed by atoms with Gasteiger partial charge in [-0.05, 0) is 0 Å². The van der Waals surface area contributed by atoms with Crippen molar-refractivity contribution < 1.29 is 9.47 Å². The fraction of sp³-hybridized carbons (Fsp3) is 0.333. The highest BCUT2D eigenvalue weighted by molar-refractivity contribution is 6.06. The van der Waals surface area contributed by atoms with Crippen LogP contribution in [-0.4, -0.2) is 30.2 Å². The molecular formula is C6H6N4O2. The second kappa shape index (κ2) is 1.90. The van der Waals surface area contributed by atoms with Crippen LogP contribution >= 0.6 is 0 Å². The average molecular weight is 166 g/mol. The van der Waals surface area contributed by atoms with Crippen molar-refractivity contribution in [3.05, 3.63) is 11.8 Å². The van der Waals surface area contributed by atoms with Crippen molar-refractivity contribution in [2.24, 2.45) is 10.2 Å². The molecule has 0 aromatic heterocycles. The predicted molar refractivity (Wildman–Crippen MR) is 39.8 cm³/mol. The minimum Gasteiger partial charge on any atom is -0.452 e. The summed E-state index contributed by atoms with van der Waals surface area (Å²) in [6.07, 6.45) is 1.80. The SMILES string of the molecule is C1=C2OCOC2=NN2CNN=C12. The molecule has 3 rings (SSSR count). The van der Waals surface area contributed by atoms with E-state index in [1.165, 1.54) is 0 Å². The summed E-state index contributed by atoms with van der Waals surface area (Å²) in [7, 11) is 0. The summed E-state index contributed by atoms with van der Waals surface area (Å²) in [6.45, 7) is 0.838. The predicted octanol–water partition coefficient (Wildman–Crippen LogP) is -0.622. The van der Waals surface area contributed by atoms with Crippen LogP contribution in [0.2, 0.25) is 0 Å². The summed E-state index contributed by atoms with van der Waals surface area (Å²) < 4.78 is 10.2. The molecule has 3 aliphatic heterocycles. The van der Waals surface area contributed by atoms with Crippen LogP contribution in [0, 0.1) is 0 Å². The van der Waals surface area contributed by atoms with E-state index in [1.807, 2.05) is 0 Å². The van der Waals surface area contributed by atoms with Crippen molar-refractivity contribution >= 4 is 11.7 Å². The molecule has 0 radical (unpaired) electrons. The van der Waals surface area contributed by atoms with E-state index in [-0.39, 0.29) is 6.79 Å². The van der Waals surface area contributed by atoms with Gasteiger partial charge >= 0.3 is 0 Å². The van der Waals surface area contributed by atoms with Gasteiger partial charge < -0.3 is 9.47 Å². The molecule has 0 aliphatic carbocycles. The Morgan fingerprint density at radius 1 is 1.50 bits per heavy atom. The minimum atomic E-state index is 0.249. The highest BCUT2D eigenvalue weighted by atomic mass is 16.7. The maximum absolute atomic E-state index is 5.14. The lowest BCUT2D eigenvalue weighted by Crippen LogP contribution is -2.28. The summed E-state index contributed by atoms with van der Waals surface area (Å²) in [6, 6.07) is 0. The summed E-state index contributed by atoms with van der Waals surface area (Å²) in [4.78, 5) is 0. The number of amidine groups is 1. The van der Waals surface area contributed by atoms with Crippen LogP contribution in [0.5, 0.6) is 0 Å². The largest absolute Gasteiger partial charge is 0.452 e. The van der Waals surface area contributed by atoms with Gasteiger partial charge in [-0.2, -0.15) is 5.10 Å². The van der Waals surface area contributed by atoms with Crippen molar-refractivity contribution in [2.45, 2.75) is 0 Å². The molecule has 0 bridgehead atoms. The first-order valence-corrected chi connectivity index (χ1v) is 3.58. The fourth-order valence-electron chi connectivity index (χ4n) is 1.21. The molecule has 0 aromatic rings. The third kappa shape index (κ3) is 0.635. The number of hydrazone groups is 2. The molecule has 6 heteroatoms. The molecule has 0 spiro atoms. The zero-order chi connectivity index (χ0) is 7.97. The lowest BCUT2D eigenvalue weighted by molar-refractivity contribution is 0.114. The van der Waals surface area contributed by atoms with Gasteiger partial charge in [0, 0.05) is 6.08 Å². The van der Waals surface area contributed by atoms with Crippen LogP contribution in [0.3, 0.4) is 0 Å². The van der Waals surface area contributed by atoms with Crippen LogP contribution in [0.15, 0.2) is 22.0 Å². The second-order valence-electron chi connectivity index (χ2n) is 2.51. The Balaban J connectivity index is 2.05. The topological polar surface area (TPSA) is 58.5 Å². The van der Waals surface area contributed by atoms with Gasteiger partial charge in [-0.1, -0.05) is 0 Å². The molecule has 1 fully saturated rings. The highest BCUT2D eigenvalue weighted by Gasteiger charge is 2.28. The molecule has 0 saturated carbocycles. The van der Waals surface area contributed by atoms with Gasteiger partial charge in [0.25, 0.3) is 5.90 Å². The van der Waals surface area contributed by atoms with E-state index in [0.29, 0.717) is 18.3 Å². The number of nitrogens with one attached hydrogen (secondary N) is 1. The third-order valence-electron chi connectivity index (χ3n) is 1.77. The number of nitrogens with zero attached hydrogens (tertiary/aromatic N) is 3. The standard InChI is InChI=1S/C6H6N4O2/c1-4-6(12-3-11-4)9-10-2-7-8-5(1)10/h1,7H,2-3H2.